The van der Waals surface area contributed by atoms with E-state index in [1.807, 2.05) is 0 Å². The summed E-state index contributed by atoms with van der Waals surface area (Å²) in [6, 6.07) is 6.59. The van der Waals surface area contributed by atoms with Crippen LogP contribution in [0.15, 0.2) is 42.9 Å². The first-order valence-electron chi connectivity index (χ1n) is 7.63. The number of hydrogen-bond donors (Lipinski definition) is 2. The smallest absolute Gasteiger partial charge is 0.319 e. The number of pyridine rings is 3. The molecule has 0 bridgehead atoms. The third-order valence-corrected chi connectivity index (χ3v) is 3.80. The number of rotatable bonds is 3. The van der Waals surface area contributed by atoms with E-state index in [9.17, 15) is 9.18 Å². The lowest BCUT2D eigenvalue weighted by atomic mass is 10.1. The van der Waals surface area contributed by atoms with Gasteiger partial charge in [-0.3, -0.25) is 9.97 Å². The largest absolute Gasteiger partial charge is 0.335 e. The summed E-state index contributed by atoms with van der Waals surface area (Å²) in [7, 11) is 0. The Kier molecular flexibility index (Phi) is 3.53. The first-order valence-corrected chi connectivity index (χ1v) is 7.63. The number of hydrogen-bond acceptors (Lipinski definition) is 4. The van der Waals surface area contributed by atoms with Crippen molar-refractivity contribution < 1.29 is 9.18 Å². The zero-order valence-corrected chi connectivity index (χ0v) is 12.7. The van der Waals surface area contributed by atoms with E-state index in [2.05, 4.69) is 25.6 Å². The van der Waals surface area contributed by atoms with Crippen LogP contribution in [0.25, 0.3) is 22.2 Å². The fourth-order valence-corrected chi connectivity index (χ4v) is 2.44. The van der Waals surface area contributed by atoms with Gasteiger partial charge < -0.3 is 10.6 Å². The summed E-state index contributed by atoms with van der Waals surface area (Å²) in [6.07, 6.45) is 6.68. The van der Waals surface area contributed by atoms with E-state index in [1.165, 1.54) is 12.3 Å². The second-order valence-electron chi connectivity index (χ2n) is 5.69. The molecule has 24 heavy (non-hydrogen) atoms. The number of anilines is 1. The van der Waals surface area contributed by atoms with Crippen LogP contribution < -0.4 is 10.6 Å². The molecule has 2 amide bonds. The zero-order chi connectivity index (χ0) is 16.5. The number of nitrogens with one attached hydrogen (secondary N) is 2. The van der Waals surface area contributed by atoms with Gasteiger partial charge in [-0.2, -0.15) is 4.39 Å². The van der Waals surface area contributed by atoms with Crippen molar-refractivity contribution >= 4 is 22.8 Å². The predicted octanol–water partition coefficient (Wildman–Crippen LogP) is 3.11. The number of carbonyl (C=O) groups excluding carboxylic acids is 1. The second kappa shape index (κ2) is 5.84. The highest BCUT2D eigenvalue weighted by Gasteiger charge is 2.23. The quantitative estimate of drug-likeness (QED) is 0.726. The van der Waals surface area contributed by atoms with Gasteiger partial charge in [-0.1, -0.05) is 0 Å². The van der Waals surface area contributed by atoms with Gasteiger partial charge in [0.15, 0.2) is 0 Å². The van der Waals surface area contributed by atoms with Crippen LogP contribution in [-0.2, 0) is 0 Å². The lowest BCUT2D eigenvalue weighted by Crippen LogP contribution is -2.30. The summed E-state index contributed by atoms with van der Waals surface area (Å²) in [5, 5.41) is 5.67. The number of fused-ring (bicyclic) bond motifs is 1. The summed E-state index contributed by atoms with van der Waals surface area (Å²) in [5.41, 5.74) is 3.20. The van der Waals surface area contributed by atoms with Crippen LogP contribution in [0, 0.1) is 5.95 Å². The van der Waals surface area contributed by atoms with Crippen LogP contribution >= 0.6 is 0 Å². The predicted molar refractivity (Wildman–Crippen MR) is 87.9 cm³/mol. The van der Waals surface area contributed by atoms with Crippen molar-refractivity contribution in [2.45, 2.75) is 18.9 Å². The van der Waals surface area contributed by atoms with E-state index in [0.717, 1.165) is 18.4 Å². The first kappa shape index (κ1) is 14.5. The summed E-state index contributed by atoms with van der Waals surface area (Å²) < 4.78 is 13.3. The lowest BCUT2D eigenvalue weighted by Gasteiger charge is -2.09. The molecule has 7 heteroatoms. The number of aromatic nitrogens is 3. The Labute approximate surface area is 137 Å². The first-order chi connectivity index (χ1) is 11.7. The number of urea groups is 1. The number of halogens is 1. The number of nitrogens with zero attached hydrogens (tertiary/aromatic N) is 3. The van der Waals surface area contributed by atoms with Gasteiger partial charge in [-0.25, -0.2) is 9.78 Å². The molecule has 3 aromatic rings. The molecule has 1 aliphatic rings. The van der Waals surface area contributed by atoms with E-state index >= 15 is 0 Å². The molecule has 0 aromatic carbocycles. The molecule has 3 aromatic heterocycles. The molecule has 3 heterocycles. The molecular weight excluding hydrogens is 309 g/mol. The second-order valence-corrected chi connectivity index (χ2v) is 5.69. The Balaban J connectivity index is 1.66. The molecule has 6 nitrogen and oxygen atoms in total. The molecule has 0 atom stereocenters. The SMILES string of the molecule is O=C(Nc1ccnc2cc(-c3ccnc(F)c3)cnc12)NC1CC1. The third-order valence-electron chi connectivity index (χ3n) is 3.80. The van der Waals surface area contributed by atoms with Gasteiger partial charge in [-0.05, 0) is 36.6 Å². The number of amides is 2. The Morgan fingerprint density at radius 1 is 1.08 bits per heavy atom. The maximum Gasteiger partial charge on any atom is 0.319 e. The Morgan fingerprint density at radius 3 is 2.71 bits per heavy atom. The lowest BCUT2D eigenvalue weighted by molar-refractivity contribution is 0.251. The molecule has 4 rings (SSSR count). The Bertz CT molecular complexity index is 926. The molecular formula is C17H14FN5O. The highest BCUT2D eigenvalue weighted by atomic mass is 19.1. The van der Waals surface area contributed by atoms with Gasteiger partial charge in [0.05, 0.1) is 11.2 Å². The molecule has 0 radical (unpaired) electrons. The standard InChI is InChI=1S/C17H14FN5O/c18-15-8-10(3-5-20-15)11-7-14-16(21-9-11)13(4-6-19-14)23-17(24)22-12-1-2-12/h3-9,12H,1-2H2,(H2,19,22,23,24). The maximum atomic E-state index is 13.3. The summed E-state index contributed by atoms with van der Waals surface area (Å²) in [4.78, 5) is 24.1. The topological polar surface area (TPSA) is 79.8 Å². The average Bonchev–Trinajstić information content (AvgIpc) is 3.38. The molecule has 0 saturated heterocycles. The molecule has 1 fully saturated rings. The zero-order valence-electron chi connectivity index (χ0n) is 12.7. The Morgan fingerprint density at radius 2 is 1.92 bits per heavy atom. The monoisotopic (exact) mass is 323 g/mol. The van der Waals surface area contributed by atoms with Crippen LogP contribution in [-0.4, -0.2) is 27.0 Å². The molecule has 0 unspecified atom stereocenters. The van der Waals surface area contributed by atoms with Crippen molar-refractivity contribution in [2.24, 2.45) is 0 Å². The van der Waals surface area contributed by atoms with Crippen molar-refractivity contribution in [2.75, 3.05) is 5.32 Å². The van der Waals surface area contributed by atoms with Crippen LogP contribution in [0.4, 0.5) is 14.9 Å². The van der Waals surface area contributed by atoms with E-state index in [-0.39, 0.29) is 12.1 Å². The fraction of sp³-hybridized carbons (Fsp3) is 0.176. The number of carbonyl (C=O) groups is 1. The highest BCUT2D eigenvalue weighted by Crippen LogP contribution is 2.25. The van der Waals surface area contributed by atoms with Crippen LogP contribution in [0.2, 0.25) is 0 Å². The summed E-state index contributed by atoms with van der Waals surface area (Å²) in [5.74, 6) is -0.548. The molecule has 2 N–H and O–H groups in total. The van der Waals surface area contributed by atoms with Gasteiger partial charge in [0.1, 0.15) is 5.52 Å². The molecule has 0 spiro atoms. The molecule has 0 aliphatic heterocycles. The van der Waals surface area contributed by atoms with Crippen LogP contribution in [0.5, 0.6) is 0 Å². The normalized spacial score (nSPS) is 13.7. The van der Waals surface area contributed by atoms with E-state index < -0.39 is 5.95 Å². The van der Waals surface area contributed by atoms with Crippen molar-refractivity contribution in [1.29, 1.82) is 0 Å². The van der Waals surface area contributed by atoms with Gasteiger partial charge in [0.2, 0.25) is 5.95 Å². The maximum absolute atomic E-state index is 13.3. The minimum atomic E-state index is -0.548. The fourth-order valence-electron chi connectivity index (χ4n) is 2.44. The van der Waals surface area contributed by atoms with Crippen LogP contribution in [0.1, 0.15) is 12.8 Å². The van der Waals surface area contributed by atoms with Crippen molar-refractivity contribution in [3.63, 3.8) is 0 Å². The summed E-state index contributed by atoms with van der Waals surface area (Å²) in [6.45, 7) is 0. The van der Waals surface area contributed by atoms with Crippen molar-refractivity contribution in [1.82, 2.24) is 20.3 Å². The molecule has 120 valence electrons. The minimum absolute atomic E-state index is 0.243. The van der Waals surface area contributed by atoms with Crippen LogP contribution in [0.3, 0.4) is 0 Å². The molecule has 1 saturated carbocycles. The average molecular weight is 323 g/mol. The van der Waals surface area contributed by atoms with Crippen molar-refractivity contribution in [3.8, 4) is 11.1 Å². The summed E-state index contributed by atoms with van der Waals surface area (Å²) >= 11 is 0. The van der Waals surface area contributed by atoms with E-state index in [4.69, 9.17) is 0 Å². The minimum Gasteiger partial charge on any atom is -0.335 e. The Hall–Kier alpha value is -3.09. The van der Waals surface area contributed by atoms with Gasteiger partial charge in [-0.15, -0.1) is 0 Å². The molecule has 1 aliphatic carbocycles. The highest BCUT2D eigenvalue weighted by molar-refractivity contribution is 5.99. The van der Waals surface area contributed by atoms with Gasteiger partial charge in [0.25, 0.3) is 0 Å². The third kappa shape index (κ3) is 3.01. The van der Waals surface area contributed by atoms with Crippen molar-refractivity contribution in [3.05, 3.63) is 48.8 Å². The van der Waals surface area contributed by atoms with Gasteiger partial charge >= 0.3 is 6.03 Å². The van der Waals surface area contributed by atoms with E-state index in [1.54, 1.807) is 30.6 Å². The van der Waals surface area contributed by atoms with E-state index in [0.29, 0.717) is 22.3 Å². The van der Waals surface area contributed by atoms with Gasteiger partial charge in [0, 0.05) is 36.3 Å².